The molecule has 0 aliphatic rings. The quantitative estimate of drug-likeness (QED) is 0.832. The number of hydrogen-bond donors (Lipinski definition) is 0. The minimum Gasteiger partial charge on any atom is -0.337 e. The number of benzene rings is 1. The van der Waals surface area contributed by atoms with E-state index in [0.717, 1.165) is 20.3 Å². The molecule has 0 aliphatic carbocycles. The minimum absolute atomic E-state index is 0.0395. The lowest BCUT2D eigenvalue weighted by atomic mass is 10.1. The zero-order valence-electron chi connectivity index (χ0n) is 10.3. The van der Waals surface area contributed by atoms with Crippen LogP contribution in [0.15, 0.2) is 36.4 Å². The lowest BCUT2D eigenvalue weighted by Crippen LogP contribution is -2.26. The summed E-state index contributed by atoms with van der Waals surface area (Å²) in [6, 6.07) is 11.4. The van der Waals surface area contributed by atoms with E-state index >= 15 is 0 Å². The van der Waals surface area contributed by atoms with Gasteiger partial charge in [0.25, 0.3) is 5.91 Å². The summed E-state index contributed by atoms with van der Waals surface area (Å²) >= 11 is 7.39. The van der Waals surface area contributed by atoms with E-state index in [4.69, 9.17) is 11.6 Å². The molecule has 2 nitrogen and oxygen atoms in total. The predicted molar refractivity (Wildman–Crippen MR) is 76.3 cm³/mol. The number of carbonyl (C=O) groups excluding carboxylic acids is 1. The van der Waals surface area contributed by atoms with Crippen molar-refractivity contribution in [3.05, 3.63) is 56.7 Å². The Kier molecular flexibility index (Phi) is 4.04. The van der Waals surface area contributed by atoms with Gasteiger partial charge in [0.15, 0.2) is 0 Å². The monoisotopic (exact) mass is 279 g/mol. The molecule has 4 heteroatoms. The number of carbonyl (C=O) groups is 1. The standard InChI is InChI=1S/C14H14ClNOS/c1-10-5-3-4-6-12(10)14(17)16(2)9-11-7-8-13(15)18-11/h3-8H,9H2,1-2H3. The van der Waals surface area contributed by atoms with E-state index in [9.17, 15) is 4.79 Å². The molecule has 0 bridgehead atoms. The highest BCUT2D eigenvalue weighted by atomic mass is 35.5. The second kappa shape index (κ2) is 5.55. The molecule has 0 spiro atoms. The molecule has 0 N–H and O–H groups in total. The molecule has 0 aliphatic heterocycles. The van der Waals surface area contributed by atoms with Crippen molar-refractivity contribution in [1.82, 2.24) is 4.90 Å². The largest absolute Gasteiger partial charge is 0.337 e. The lowest BCUT2D eigenvalue weighted by molar-refractivity contribution is 0.0786. The molecule has 0 fully saturated rings. The van der Waals surface area contributed by atoms with Crippen LogP contribution in [0.2, 0.25) is 4.34 Å². The van der Waals surface area contributed by atoms with Crippen LogP contribution < -0.4 is 0 Å². The van der Waals surface area contributed by atoms with Gasteiger partial charge in [-0.2, -0.15) is 0 Å². The van der Waals surface area contributed by atoms with E-state index in [1.807, 2.05) is 50.4 Å². The summed E-state index contributed by atoms with van der Waals surface area (Å²) in [7, 11) is 1.81. The number of thiophene rings is 1. The smallest absolute Gasteiger partial charge is 0.254 e. The maximum absolute atomic E-state index is 12.3. The molecule has 1 amide bonds. The molecule has 1 aromatic heterocycles. The molecular formula is C14H14ClNOS. The molecular weight excluding hydrogens is 266 g/mol. The van der Waals surface area contributed by atoms with E-state index < -0.39 is 0 Å². The average Bonchev–Trinajstić information content (AvgIpc) is 2.74. The number of aryl methyl sites for hydroxylation is 1. The van der Waals surface area contributed by atoms with Crippen molar-refractivity contribution in [2.75, 3.05) is 7.05 Å². The molecule has 2 aromatic rings. The fourth-order valence-corrected chi connectivity index (χ4v) is 2.90. The second-order valence-corrected chi connectivity index (χ2v) is 5.98. The van der Waals surface area contributed by atoms with Crippen molar-refractivity contribution in [3.8, 4) is 0 Å². The number of hydrogen-bond acceptors (Lipinski definition) is 2. The SMILES string of the molecule is Cc1ccccc1C(=O)N(C)Cc1ccc(Cl)s1. The Hall–Kier alpha value is -1.32. The van der Waals surface area contributed by atoms with Crippen LogP contribution in [0.25, 0.3) is 0 Å². The van der Waals surface area contributed by atoms with Crippen molar-refractivity contribution in [3.63, 3.8) is 0 Å². The van der Waals surface area contributed by atoms with Crippen molar-refractivity contribution in [2.45, 2.75) is 13.5 Å². The Balaban J connectivity index is 2.12. The van der Waals surface area contributed by atoms with Crippen molar-refractivity contribution in [2.24, 2.45) is 0 Å². The molecule has 0 saturated carbocycles. The van der Waals surface area contributed by atoms with Crippen LogP contribution in [0, 0.1) is 6.92 Å². The summed E-state index contributed by atoms with van der Waals surface area (Å²) in [5, 5.41) is 0. The van der Waals surface area contributed by atoms with Gasteiger partial charge in [0.1, 0.15) is 0 Å². The summed E-state index contributed by atoms with van der Waals surface area (Å²) in [5.74, 6) is 0.0395. The first-order valence-electron chi connectivity index (χ1n) is 5.63. The topological polar surface area (TPSA) is 20.3 Å². The van der Waals surface area contributed by atoms with Crippen LogP contribution in [-0.4, -0.2) is 17.9 Å². The van der Waals surface area contributed by atoms with Gasteiger partial charge < -0.3 is 4.90 Å². The Labute approximate surface area is 116 Å². The molecule has 1 aromatic carbocycles. The third kappa shape index (κ3) is 2.92. The average molecular weight is 280 g/mol. The van der Waals surface area contributed by atoms with Crippen LogP contribution in [0.5, 0.6) is 0 Å². The zero-order valence-corrected chi connectivity index (χ0v) is 11.9. The first-order valence-corrected chi connectivity index (χ1v) is 6.82. The van der Waals surface area contributed by atoms with Crippen LogP contribution in [0.3, 0.4) is 0 Å². The normalized spacial score (nSPS) is 10.4. The molecule has 0 radical (unpaired) electrons. The molecule has 0 atom stereocenters. The Bertz CT molecular complexity index is 564. The maximum atomic E-state index is 12.3. The van der Waals surface area contributed by atoms with Crippen LogP contribution in [-0.2, 0) is 6.54 Å². The zero-order chi connectivity index (χ0) is 13.1. The number of rotatable bonds is 3. The Morgan fingerprint density at radius 1 is 1.28 bits per heavy atom. The molecule has 0 saturated heterocycles. The molecule has 94 valence electrons. The highest BCUT2D eigenvalue weighted by molar-refractivity contribution is 7.16. The lowest BCUT2D eigenvalue weighted by Gasteiger charge is -2.17. The first-order chi connectivity index (χ1) is 8.58. The third-order valence-electron chi connectivity index (χ3n) is 2.74. The van der Waals surface area contributed by atoms with Crippen LogP contribution in [0.1, 0.15) is 20.8 Å². The predicted octanol–water partition coefficient (Wildman–Crippen LogP) is 3.98. The van der Waals surface area contributed by atoms with Crippen molar-refractivity contribution in [1.29, 1.82) is 0 Å². The fraction of sp³-hybridized carbons (Fsp3) is 0.214. The summed E-state index contributed by atoms with van der Waals surface area (Å²) in [4.78, 5) is 15.1. The van der Waals surface area contributed by atoms with Crippen LogP contribution >= 0.6 is 22.9 Å². The molecule has 2 rings (SSSR count). The highest BCUT2D eigenvalue weighted by Crippen LogP contribution is 2.23. The highest BCUT2D eigenvalue weighted by Gasteiger charge is 2.14. The maximum Gasteiger partial charge on any atom is 0.254 e. The number of halogens is 1. The molecule has 0 unspecified atom stereocenters. The van der Waals surface area contributed by atoms with Gasteiger partial charge in [0, 0.05) is 17.5 Å². The minimum atomic E-state index is 0.0395. The summed E-state index contributed by atoms with van der Waals surface area (Å²) in [5.41, 5.74) is 1.75. The third-order valence-corrected chi connectivity index (χ3v) is 3.96. The van der Waals surface area contributed by atoms with E-state index in [0.29, 0.717) is 6.54 Å². The van der Waals surface area contributed by atoms with Gasteiger partial charge >= 0.3 is 0 Å². The number of nitrogens with zero attached hydrogens (tertiary/aromatic N) is 1. The van der Waals surface area contributed by atoms with E-state index in [2.05, 4.69) is 0 Å². The number of amides is 1. The van der Waals surface area contributed by atoms with E-state index in [1.165, 1.54) is 11.3 Å². The van der Waals surface area contributed by atoms with E-state index in [-0.39, 0.29) is 5.91 Å². The van der Waals surface area contributed by atoms with Gasteiger partial charge in [0.2, 0.25) is 0 Å². The molecule has 1 heterocycles. The van der Waals surface area contributed by atoms with Crippen LogP contribution in [0.4, 0.5) is 0 Å². The summed E-state index contributed by atoms with van der Waals surface area (Å²) < 4.78 is 0.752. The first kappa shape index (κ1) is 13.1. The van der Waals surface area contributed by atoms with Gasteiger partial charge in [0.05, 0.1) is 10.9 Å². The van der Waals surface area contributed by atoms with Gasteiger partial charge in [-0.3, -0.25) is 4.79 Å². The second-order valence-electron chi connectivity index (χ2n) is 4.18. The molecule has 18 heavy (non-hydrogen) atoms. The Morgan fingerprint density at radius 2 is 2.00 bits per heavy atom. The van der Waals surface area contributed by atoms with Crippen molar-refractivity contribution < 1.29 is 4.79 Å². The van der Waals surface area contributed by atoms with Crippen molar-refractivity contribution >= 4 is 28.8 Å². The van der Waals surface area contributed by atoms with Gasteiger partial charge in [-0.15, -0.1) is 11.3 Å². The fourth-order valence-electron chi connectivity index (χ4n) is 1.76. The Morgan fingerprint density at radius 3 is 2.61 bits per heavy atom. The summed E-state index contributed by atoms with van der Waals surface area (Å²) in [6.07, 6.45) is 0. The van der Waals surface area contributed by atoms with Gasteiger partial charge in [-0.05, 0) is 30.7 Å². The van der Waals surface area contributed by atoms with E-state index in [1.54, 1.807) is 4.90 Å². The van der Waals surface area contributed by atoms with Gasteiger partial charge in [-0.25, -0.2) is 0 Å². The van der Waals surface area contributed by atoms with Gasteiger partial charge in [-0.1, -0.05) is 29.8 Å². The summed E-state index contributed by atoms with van der Waals surface area (Å²) in [6.45, 7) is 2.54.